The molecule has 3 heteroatoms. The quantitative estimate of drug-likeness (QED) is 0.490. The summed E-state index contributed by atoms with van der Waals surface area (Å²) in [5.74, 6) is 1.02. The monoisotopic (exact) mass is 189 g/mol. The van der Waals surface area contributed by atoms with Gasteiger partial charge in [-0.25, -0.2) is 0 Å². The van der Waals surface area contributed by atoms with Gasteiger partial charge in [-0.15, -0.1) is 11.6 Å². The van der Waals surface area contributed by atoms with Crippen LogP contribution in [0.4, 0.5) is 0 Å². The molecule has 0 N–H and O–H groups in total. The Morgan fingerprint density at radius 3 is 2.83 bits per heavy atom. The lowest BCUT2D eigenvalue weighted by atomic mass is 10.2. The molecule has 0 aromatic carbocycles. The third-order valence-corrected chi connectivity index (χ3v) is 2.68. The van der Waals surface area contributed by atoms with Crippen molar-refractivity contribution in [1.29, 1.82) is 0 Å². The number of hydrogen-bond acceptors (Lipinski definition) is 1. The van der Waals surface area contributed by atoms with Crippen molar-refractivity contribution in [3.8, 4) is 0 Å². The predicted octanol–water partition coefficient (Wildman–Crippen LogP) is 2.02. The minimum Gasteiger partial charge on any atom is -0.340 e. The number of halogens is 1. The summed E-state index contributed by atoms with van der Waals surface area (Å²) in [5, 5.41) is 0. The molecule has 70 valence electrons. The number of nitrogens with zero attached hydrogens (tertiary/aromatic N) is 1. The molecule has 0 spiro atoms. The molecule has 0 aliphatic carbocycles. The number of amides is 1. The van der Waals surface area contributed by atoms with Crippen molar-refractivity contribution in [2.45, 2.75) is 38.6 Å². The highest BCUT2D eigenvalue weighted by molar-refractivity contribution is 6.17. The Morgan fingerprint density at radius 2 is 2.33 bits per heavy atom. The normalized spacial score (nSPS) is 23.7. The molecule has 1 rings (SSSR count). The lowest BCUT2D eigenvalue weighted by Gasteiger charge is -2.20. The van der Waals surface area contributed by atoms with Crippen LogP contribution < -0.4 is 0 Å². The highest BCUT2D eigenvalue weighted by atomic mass is 35.5. The molecule has 1 atom stereocenters. The number of hydrogen-bond donors (Lipinski definition) is 0. The second-order valence-electron chi connectivity index (χ2n) is 3.37. The van der Waals surface area contributed by atoms with E-state index in [0.717, 1.165) is 32.2 Å². The van der Waals surface area contributed by atoms with E-state index in [2.05, 4.69) is 6.92 Å². The van der Waals surface area contributed by atoms with Crippen molar-refractivity contribution in [1.82, 2.24) is 4.90 Å². The molecule has 1 amide bonds. The number of alkyl halides is 1. The van der Waals surface area contributed by atoms with Gasteiger partial charge in [0.15, 0.2) is 0 Å². The smallest absolute Gasteiger partial charge is 0.222 e. The van der Waals surface area contributed by atoms with Gasteiger partial charge < -0.3 is 4.90 Å². The summed E-state index contributed by atoms with van der Waals surface area (Å²) in [6, 6.07) is 0.452. The molecule has 0 radical (unpaired) electrons. The highest BCUT2D eigenvalue weighted by Gasteiger charge is 2.26. The molecule has 12 heavy (non-hydrogen) atoms. The molecule has 1 aliphatic rings. The van der Waals surface area contributed by atoms with Crippen LogP contribution in [-0.2, 0) is 4.79 Å². The molecular formula is C9H16ClNO. The number of carbonyl (C=O) groups excluding carboxylic acids is 1. The summed E-state index contributed by atoms with van der Waals surface area (Å²) in [5.41, 5.74) is 0. The van der Waals surface area contributed by atoms with Gasteiger partial charge in [0.1, 0.15) is 0 Å². The minimum atomic E-state index is 0.317. The molecule has 0 aromatic heterocycles. The summed E-state index contributed by atoms with van der Waals surface area (Å²) in [7, 11) is 0. The van der Waals surface area contributed by atoms with Gasteiger partial charge in [-0.2, -0.15) is 0 Å². The maximum Gasteiger partial charge on any atom is 0.222 e. The first-order chi connectivity index (χ1) is 5.75. The van der Waals surface area contributed by atoms with Crippen LogP contribution in [0, 0.1) is 0 Å². The first-order valence-electron chi connectivity index (χ1n) is 4.61. The van der Waals surface area contributed by atoms with Crippen molar-refractivity contribution in [3.05, 3.63) is 0 Å². The van der Waals surface area contributed by atoms with Crippen molar-refractivity contribution in [3.63, 3.8) is 0 Å². The summed E-state index contributed by atoms with van der Waals surface area (Å²) >= 11 is 5.56. The van der Waals surface area contributed by atoms with E-state index in [4.69, 9.17) is 11.6 Å². The van der Waals surface area contributed by atoms with Crippen molar-refractivity contribution >= 4 is 17.5 Å². The van der Waals surface area contributed by atoms with Gasteiger partial charge in [-0.05, 0) is 26.2 Å². The largest absolute Gasteiger partial charge is 0.340 e. The fourth-order valence-corrected chi connectivity index (χ4v) is 1.79. The van der Waals surface area contributed by atoms with Crippen LogP contribution in [0.5, 0.6) is 0 Å². The zero-order valence-corrected chi connectivity index (χ0v) is 8.31. The average molecular weight is 190 g/mol. The SMILES string of the molecule is CC1CCC(=O)N1CCCCCl. The summed E-state index contributed by atoms with van der Waals surface area (Å²) in [4.78, 5) is 13.3. The minimum absolute atomic E-state index is 0.317. The first-order valence-corrected chi connectivity index (χ1v) is 5.14. The van der Waals surface area contributed by atoms with Gasteiger partial charge in [-0.1, -0.05) is 0 Å². The average Bonchev–Trinajstić information content (AvgIpc) is 2.35. The number of likely N-dealkylation sites (tertiary alicyclic amines) is 1. The summed E-state index contributed by atoms with van der Waals surface area (Å²) in [6.07, 6.45) is 3.82. The Kier molecular flexibility index (Phi) is 3.86. The predicted molar refractivity (Wildman–Crippen MR) is 50.4 cm³/mol. The molecule has 1 aliphatic heterocycles. The molecule has 0 bridgehead atoms. The van der Waals surface area contributed by atoms with Gasteiger partial charge in [0.05, 0.1) is 0 Å². The fourth-order valence-electron chi connectivity index (χ4n) is 1.60. The Labute approximate surface area is 78.9 Å². The van der Waals surface area contributed by atoms with E-state index in [9.17, 15) is 4.79 Å². The number of carbonyl (C=O) groups is 1. The van der Waals surface area contributed by atoms with Crippen LogP contribution >= 0.6 is 11.6 Å². The zero-order chi connectivity index (χ0) is 8.97. The van der Waals surface area contributed by atoms with E-state index in [1.54, 1.807) is 0 Å². The van der Waals surface area contributed by atoms with Gasteiger partial charge in [0.25, 0.3) is 0 Å². The molecule has 2 nitrogen and oxygen atoms in total. The Morgan fingerprint density at radius 1 is 1.58 bits per heavy atom. The Hall–Kier alpha value is -0.240. The van der Waals surface area contributed by atoms with E-state index >= 15 is 0 Å². The lowest BCUT2D eigenvalue weighted by Crippen LogP contribution is -2.31. The van der Waals surface area contributed by atoms with E-state index in [1.807, 2.05) is 4.90 Å². The Balaban J connectivity index is 2.25. The molecule has 1 saturated heterocycles. The molecule has 1 unspecified atom stereocenters. The first kappa shape index (κ1) is 9.85. The third kappa shape index (κ3) is 2.37. The van der Waals surface area contributed by atoms with E-state index in [-0.39, 0.29) is 0 Å². The van der Waals surface area contributed by atoms with Crippen LogP contribution in [0.2, 0.25) is 0 Å². The topological polar surface area (TPSA) is 20.3 Å². The zero-order valence-electron chi connectivity index (χ0n) is 7.55. The van der Waals surface area contributed by atoms with Gasteiger partial charge in [0, 0.05) is 24.9 Å². The molecular weight excluding hydrogens is 174 g/mol. The second-order valence-corrected chi connectivity index (χ2v) is 3.75. The standard InChI is InChI=1S/C9H16ClNO/c1-8-4-5-9(12)11(8)7-3-2-6-10/h8H,2-7H2,1H3. The Bertz CT molecular complexity index is 161. The van der Waals surface area contributed by atoms with Gasteiger partial charge >= 0.3 is 0 Å². The van der Waals surface area contributed by atoms with E-state index < -0.39 is 0 Å². The lowest BCUT2D eigenvalue weighted by molar-refractivity contribution is -0.128. The van der Waals surface area contributed by atoms with Crippen molar-refractivity contribution in [2.75, 3.05) is 12.4 Å². The molecule has 1 heterocycles. The maximum atomic E-state index is 11.3. The highest BCUT2D eigenvalue weighted by Crippen LogP contribution is 2.18. The number of rotatable bonds is 4. The fraction of sp³-hybridized carbons (Fsp3) is 0.889. The third-order valence-electron chi connectivity index (χ3n) is 2.41. The maximum absolute atomic E-state index is 11.3. The molecule has 1 fully saturated rings. The van der Waals surface area contributed by atoms with Gasteiger partial charge in [-0.3, -0.25) is 4.79 Å². The summed E-state index contributed by atoms with van der Waals surface area (Å²) < 4.78 is 0. The molecule has 0 aromatic rings. The summed E-state index contributed by atoms with van der Waals surface area (Å²) in [6.45, 7) is 3.01. The van der Waals surface area contributed by atoms with E-state index in [1.165, 1.54) is 0 Å². The van der Waals surface area contributed by atoms with Crippen LogP contribution in [-0.4, -0.2) is 29.3 Å². The van der Waals surface area contributed by atoms with Gasteiger partial charge in [0.2, 0.25) is 5.91 Å². The second kappa shape index (κ2) is 4.70. The van der Waals surface area contributed by atoms with Crippen molar-refractivity contribution in [2.24, 2.45) is 0 Å². The van der Waals surface area contributed by atoms with Crippen LogP contribution in [0.25, 0.3) is 0 Å². The van der Waals surface area contributed by atoms with Crippen LogP contribution in [0.1, 0.15) is 32.6 Å². The van der Waals surface area contributed by atoms with Crippen LogP contribution in [0.3, 0.4) is 0 Å². The van der Waals surface area contributed by atoms with Crippen LogP contribution in [0.15, 0.2) is 0 Å². The van der Waals surface area contributed by atoms with Crippen molar-refractivity contribution < 1.29 is 4.79 Å². The van der Waals surface area contributed by atoms with E-state index in [0.29, 0.717) is 17.8 Å². The molecule has 0 saturated carbocycles. The number of unbranched alkanes of at least 4 members (excludes halogenated alkanes) is 1.